The maximum Gasteiger partial charge on any atom is 0.303 e. The van der Waals surface area contributed by atoms with Gasteiger partial charge in [-0.2, -0.15) is 0 Å². The maximum absolute atomic E-state index is 12.1. The van der Waals surface area contributed by atoms with Crippen LogP contribution in [0.2, 0.25) is 0 Å². The first-order chi connectivity index (χ1) is 14.8. The summed E-state index contributed by atoms with van der Waals surface area (Å²) in [6.45, 7) is 15.2. The molecule has 178 valence electrons. The molecule has 0 N–H and O–H groups in total. The van der Waals surface area contributed by atoms with Gasteiger partial charge in [0.25, 0.3) is 0 Å². The molecule has 0 aliphatic heterocycles. The van der Waals surface area contributed by atoms with Crippen molar-refractivity contribution in [3.05, 3.63) is 24.3 Å². The van der Waals surface area contributed by atoms with Crippen LogP contribution in [0.1, 0.15) is 73.6 Å². The van der Waals surface area contributed by atoms with E-state index >= 15 is 0 Å². The van der Waals surface area contributed by atoms with Crippen LogP contribution in [0.5, 0.6) is 0 Å². The highest BCUT2D eigenvalue weighted by Gasteiger charge is 2.62. The summed E-state index contributed by atoms with van der Waals surface area (Å²) in [4.78, 5) is 35.8. The largest absolute Gasteiger partial charge is 0.465 e. The molecule has 3 aliphatic carbocycles. The first-order valence-electron chi connectivity index (χ1n) is 11.7. The van der Waals surface area contributed by atoms with Crippen molar-refractivity contribution in [2.24, 2.45) is 28.1 Å². The highest BCUT2D eigenvalue weighted by Crippen LogP contribution is 2.64. The smallest absolute Gasteiger partial charge is 0.303 e. The summed E-state index contributed by atoms with van der Waals surface area (Å²) >= 11 is 0. The lowest BCUT2D eigenvalue weighted by atomic mass is 9.44. The molecule has 0 aromatic carbocycles. The SMILES string of the molecule is C=C[C@@]1(C)C=C2[C@H]([C@H](OC(C)=O)C1)[C@]1(C)CCC[C@](C)(COC(C)=O)C1C[C@H]2OC(C)=O. The molecular formula is C26H38O6. The number of hydrogen-bond donors (Lipinski definition) is 0. The maximum atomic E-state index is 12.1. The zero-order chi connectivity index (χ0) is 23.9. The average Bonchev–Trinajstić information content (AvgIpc) is 2.67. The van der Waals surface area contributed by atoms with Gasteiger partial charge in [-0.3, -0.25) is 14.4 Å². The predicted octanol–water partition coefficient (Wildman–Crippen LogP) is 4.77. The summed E-state index contributed by atoms with van der Waals surface area (Å²) in [6, 6.07) is 0. The van der Waals surface area contributed by atoms with E-state index in [1.807, 2.05) is 6.08 Å². The lowest BCUT2D eigenvalue weighted by Crippen LogP contribution is -2.60. The van der Waals surface area contributed by atoms with Crippen molar-refractivity contribution in [1.29, 1.82) is 0 Å². The van der Waals surface area contributed by atoms with E-state index in [1.165, 1.54) is 20.8 Å². The number of esters is 3. The van der Waals surface area contributed by atoms with Crippen molar-refractivity contribution in [2.45, 2.75) is 85.9 Å². The summed E-state index contributed by atoms with van der Waals surface area (Å²) in [5.41, 5.74) is 0.250. The van der Waals surface area contributed by atoms with Gasteiger partial charge in [-0.25, -0.2) is 0 Å². The van der Waals surface area contributed by atoms with E-state index in [0.29, 0.717) is 19.4 Å². The minimum absolute atomic E-state index is 0.0699. The second-order valence-electron chi connectivity index (χ2n) is 10.9. The van der Waals surface area contributed by atoms with E-state index in [4.69, 9.17) is 14.2 Å². The molecule has 6 heteroatoms. The summed E-state index contributed by atoms with van der Waals surface area (Å²) in [5.74, 6) is -0.856. The molecule has 0 amide bonds. The standard InChI is InChI=1S/C26H38O6/c1-8-24(5)13-19-20(31-17(3)28)12-22-25(6,15-30-16(2)27)10-9-11-26(22,7)23(19)21(14-24)32-18(4)29/h8,13,20-23H,1,9-12,14-15H2,2-7H3/t20-,21-,22?,23-,24+,25-,26-/m1/s1. The zero-order valence-corrected chi connectivity index (χ0v) is 20.4. The Kier molecular flexibility index (Phi) is 6.65. The molecule has 0 aromatic rings. The third-order valence-corrected chi connectivity index (χ3v) is 8.20. The fourth-order valence-corrected chi connectivity index (χ4v) is 6.91. The van der Waals surface area contributed by atoms with Crippen molar-refractivity contribution in [2.75, 3.05) is 6.61 Å². The number of allylic oxidation sites excluding steroid dienone is 2. The van der Waals surface area contributed by atoms with E-state index in [-0.39, 0.29) is 52.1 Å². The molecule has 7 atom stereocenters. The normalized spacial score (nSPS) is 40.8. The minimum Gasteiger partial charge on any atom is -0.465 e. The lowest BCUT2D eigenvalue weighted by Gasteiger charge is -2.62. The van der Waals surface area contributed by atoms with Crippen LogP contribution in [0.3, 0.4) is 0 Å². The van der Waals surface area contributed by atoms with Gasteiger partial charge in [-0.15, -0.1) is 6.58 Å². The fraction of sp³-hybridized carbons (Fsp3) is 0.731. The zero-order valence-electron chi connectivity index (χ0n) is 20.4. The quantitative estimate of drug-likeness (QED) is 0.344. The molecule has 1 unspecified atom stereocenters. The van der Waals surface area contributed by atoms with Gasteiger partial charge in [0.1, 0.15) is 12.2 Å². The lowest BCUT2D eigenvalue weighted by molar-refractivity contribution is -0.180. The highest BCUT2D eigenvalue weighted by molar-refractivity contribution is 5.67. The van der Waals surface area contributed by atoms with E-state index in [2.05, 4.69) is 33.4 Å². The molecule has 0 bridgehead atoms. The number of carbonyl (C=O) groups excluding carboxylic acids is 3. The van der Waals surface area contributed by atoms with Gasteiger partial charge in [-0.05, 0) is 42.6 Å². The molecule has 3 rings (SSSR count). The van der Waals surface area contributed by atoms with Crippen LogP contribution < -0.4 is 0 Å². The van der Waals surface area contributed by atoms with Crippen LogP contribution in [-0.2, 0) is 28.6 Å². The molecular weight excluding hydrogens is 408 g/mol. The fourth-order valence-electron chi connectivity index (χ4n) is 6.91. The van der Waals surface area contributed by atoms with Gasteiger partial charge in [0.2, 0.25) is 0 Å². The molecule has 2 saturated carbocycles. The Balaban J connectivity index is 2.13. The van der Waals surface area contributed by atoms with Crippen molar-refractivity contribution < 1.29 is 28.6 Å². The first kappa shape index (κ1) is 24.5. The van der Waals surface area contributed by atoms with Crippen LogP contribution in [0, 0.1) is 28.1 Å². The number of carbonyl (C=O) groups is 3. The first-order valence-corrected chi connectivity index (χ1v) is 11.7. The van der Waals surface area contributed by atoms with Gasteiger partial charge in [0, 0.05) is 37.5 Å². The van der Waals surface area contributed by atoms with E-state index in [0.717, 1.165) is 24.8 Å². The Morgan fingerprint density at radius 1 is 1.06 bits per heavy atom. The number of rotatable bonds is 5. The van der Waals surface area contributed by atoms with E-state index in [9.17, 15) is 14.4 Å². The van der Waals surface area contributed by atoms with Crippen LogP contribution in [-0.4, -0.2) is 36.7 Å². The second-order valence-corrected chi connectivity index (χ2v) is 10.9. The van der Waals surface area contributed by atoms with Gasteiger partial charge >= 0.3 is 17.9 Å². The van der Waals surface area contributed by atoms with E-state index < -0.39 is 6.10 Å². The number of fused-ring (bicyclic) bond motifs is 3. The van der Waals surface area contributed by atoms with Gasteiger partial charge < -0.3 is 14.2 Å². The summed E-state index contributed by atoms with van der Waals surface area (Å²) < 4.78 is 17.3. The van der Waals surface area contributed by atoms with E-state index in [1.54, 1.807) is 0 Å². The molecule has 0 aromatic heterocycles. The third-order valence-electron chi connectivity index (χ3n) is 8.20. The summed E-state index contributed by atoms with van der Waals surface area (Å²) in [7, 11) is 0. The molecule has 2 fully saturated rings. The summed E-state index contributed by atoms with van der Waals surface area (Å²) in [5, 5.41) is 0. The van der Waals surface area contributed by atoms with Crippen molar-refractivity contribution in [1.82, 2.24) is 0 Å². The topological polar surface area (TPSA) is 78.9 Å². The molecule has 0 saturated heterocycles. The average molecular weight is 447 g/mol. The van der Waals surface area contributed by atoms with Crippen LogP contribution in [0.15, 0.2) is 24.3 Å². The van der Waals surface area contributed by atoms with Crippen molar-refractivity contribution in [3.63, 3.8) is 0 Å². The molecule has 0 spiro atoms. The Morgan fingerprint density at radius 2 is 1.72 bits per heavy atom. The van der Waals surface area contributed by atoms with Crippen molar-refractivity contribution in [3.8, 4) is 0 Å². The van der Waals surface area contributed by atoms with Gasteiger partial charge in [0.15, 0.2) is 0 Å². The Bertz CT molecular complexity index is 830. The number of hydrogen-bond acceptors (Lipinski definition) is 6. The Hall–Kier alpha value is -2.11. The molecule has 3 aliphatic rings. The second kappa shape index (κ2) is 8.68. The van der Waals surface area contributed by atoms with Crippen LogP contribution >= 0.6 is 0 Å². The molecule has 0 radical (unpaired) electrons. The number of ether oxygens (including phenoxy) is 3. The monoisotopic (exact) mass is 446 g/mol. The van der Waals surface area contributed by atoms with Crippen LogP contribution in [0.4, 0.5) is 0 Å². The van der Waals surface area contributed by atoms with Gasteiger partial charge in [-0.1, -0.05) is 39.3 Å². The minimum atomic E-state index is -0.400. The molecule has 32 heavy (non-hydrogen) atoms. The molecule has 6 nitrogen and oxygen atoms in total. The Morgan fingerprint density at radius 3 is 2.28 bits per heavy atom. The van der Waals surface area contributed by atoms with Gasteiger partial charge in [0.05, 0.1) is 6.61 Å². The predicted molar refractivity (Wildman–Crippen MR) is 120 cm³/mol. The summed E-state index contributed by atoms with van der Waals surface area (Å²) in [6.07, 6.45) is 7.55. The van der Waals surface area contributed by atoms with Crippen molar-refractivity contribution >= 4 is 17.9 Å². The van der Waals surface area contributed by atoms with Crippen LogP contribution in [0.25, 0.3) is 0 Å². The Labute approximate surface area is 191 Å². The highest BCUT2D eigenvalue weighted by atomic mass is 16.6. The molecule has 0 heterocycles. The third kappa shape index (κ3) is 4.51.